The van der Waals surface area contributed by atoms with Crippen LogP contribution in [0.3, 0.4) is 0 Å². The number of hydrogen-bond donors (Lipinski definition) is 0. The molecular formula is C14H20N2O3S. The molecule has 5 nitrogen and oxygen atoms in total. The Morgan fingerprint density at radius 3 is 2.25 bits per heavy atom. The van der Waals surface area contributed by atoms with Gasteiger partial charge in [0.25, 0.3) is 10.2 Å². The fourth-order valence-corrected chi connectivity index (χ4v) is 4.31. The molecule has 20 heavy (non-hydrogen) atoms. The van der Waals surface area contributed by atoms with E-state index in [2.05, 4.69) is 0 Å². The second-order valence-electron chi connectivity index (χ2n) is 5.48. The molecule has 6 heteroatoms. The molecular weight excluding hydrogens is 276 g/mol. The number of hydrogen-bond acceptors (Lipinski definition) is 3. The maximum atomic E-state index is 12.3. The zero-order valence-corrected chi connectivity index (χ0v) is 12.5. The van der Waals surface area contributed by atoms with Crippen LogP contribution < -0.4 is 4.74 Å². The normalized spacial score (nSPS) is 21.9. The molecule has 2 saturated heterocycles. The van der Waals surface area contributed by atoms with Crippen LogP contribution in [0.25, 0.3) is 0 Å². The van der Waals surface area contributed by atoms with Gasteiger partial charge >= 0.3 is 0 Å². The lowest BCUT2D eigenvalue weighted by molar-refractivity contribution is 0.0720. The maximum absolute atomic E-state index is 12.3. The largest absolute Gasteiger partial charge is 0.488 e. The van der Waals surface area contributed by atoms with Crippen molar-refractivity contribution in [1.29, 1.82) is 0 Å². The smallest absolute Gasteiger partial charge is 0.282 e. The van der Waals surface area contributed by atoms with E-state index in [1.165, 1.54) is 9.87 Å². The average Bonchev–Trinajstić information content (AvgIpc) is 2.89. The summed E-state index contributed by atoms with van der Waals surface area (Å²) in [5.41, 5.74) is 1.18. The molecule has 2 aliphatic rings. The molecule has 2 heterocycles. The van der Waals surface area contributed by atoms with Gasteiger partial charge in [-0.25, -0.2) is 0 Å². The molecule has 0 bridgehead atoms. The summed E-state index contributed by atoms with van der Waals surface area (Å²) >= 11 is 0. The average molecular weight is 296 g/mol. The third-order valence-electron chi connectivity index (χ3n) is 3.86. The van der Waals surface area contributed by atoms with Crippen LogP contribution in [0.5, 0.6) is 5.75 Å². The van der Waals surface area contributed by atoms with Gasteiger partial charge in [0.05, 0.1) is 13.1 Å². The van der Waals surface area contributed by atoms with E-state index >= 15 is 0 Å². The zero-order valence-electron chi connectivity index (χ0n) is 11.7. The van der Waals surface area contributed by atoms with E-state index in [0.29, 0.717) is 26.2 Å². The molecule has 0 N–H and O–H groups in total. The quantitative estimate of drug-likeness (QED) is 0.844. The Labute approximate surface area is 120 Å². The lowest BCUT2D eigenvalue weighted by Crippen LogP contribution is -2.59. The molecule has 3 rings (SSSR count). The molecule has 0 spiro atoms. The van der Waals surface area contributed by atoms with Gasteiger partial charge in [0, 0.05) is 13.1 Å². The summed E-state index contributed by atoms with van der Waals surface area (Å²) in [4.78, 5) is 0. The van der Waals surface area contributed by atoms with E-state index in [-0.39, 0.29) is 6.10 Å². The van der Waals surface area contributed by atoms with Gasteiger partial charge in [-0.05, 0) is 31.9 Å². The molecule has 0 aromatic heterocycles. The molecule has 0 saturated carbocycles. The first-order chi connectivity index (χ1) is 9.55. The Kier molecular flexibility index (Phi) is 3.70. The number of rotatable bonds is 4. The molecule has 1 aromatic carbocycles. The number of ether oxygens (including phenoxy) is 1. The van der Waals surface area contributed by atoms with Crippen molar-refractivity contribution in [3.05, 3.63) is 29.8 Å². The van der Waals surface area contributed by atoms with Crippen molar-refractivity contribution in [2.75, 3.05) is 26.2 Å². The molecule has 0 aliphatic carbocycles. The van der Waals surface area contributed by atoms with E-state index in [4.69, 9.17) is 4.74 Å². The standard InChI is InChI=1S/C14H20N2O3S/c1-12-4-6-13(7-5-12)19-14-10-16(11-14)20(17,18)15-8-2-3-9-15/h4-7,14H,2-3,8-11H2,1H3. The van der Waals surface area contributed by atoms with Gasteiger partial charge in [0.2, 0.25) is 0 Å². The van der Waals surface area contributed by atoms with Gasteiger partial charge in [-0.3, -0.25) is 0 Å². The van der Waals surface area contributed by atoms with E-state index in [1.54, 1.807) is 4.31 Å². The fraction of sp³-hybridized carbons (Fsp3) is 0.571. The fourth-order valence-electron chi connectivity index (χ4n) is 2.56. The first kappa shape index (κ1) is 13.9. The molecule has 0 atom stereocenters. The highest BCUT2D eigenvalue weighted by molar-refractivity contribution is 7.86. The molecule has 110 valence electrons. The Bertz CT molecular complexity index is 559. The minimum absolute atomic E-state index is 0.0323. The minimum Gasteiger partial charge on any atom is -0.488 e. The number of benzene rings is 1. The summed E-state index contributed by atoms with van der Waals surface area (Å²) in [7, 11) is -3.25. The van der Waals surface area contributed by atoms with Crippen LogP contribution in [0.15, 0.2) is 24.3 Å². The Balaban J connectivity index is 1.54. The topological polar surface area (TPSA) is 49.9 Å². The van der Waals surface area contributed by atoms with Crippen molar-refractivity contribution in [3.63, 3.8) is 0 Å². The highest BCUT2D eigenvalue weighted by atomic mass is 32.2. The Morgan fingerprint density at radius 2 is 1.65 bits per heavy atom. The van der Waals surface area contributed by atoms with Crippen LogP contribution in [0.2, 0.25) is 0 Å². The summed E-state index contributed by atoms with van der Waals surface area (Å²) in [6, 6.07) is 7.83. The number of nitrogens with zero attached hydrogens (tertiary/aromatic N) is 2. The highest BCUT2D eigenvalue weighted by Gasteiger charge is 2.41. The van der Waals surface area contributed by atoms with Crippen LogP contribution in [0.4, 0.5) is 0 Å². The molecule has 0 radical (unpaired) electrons. The second-order valence-corrected chi connectivity index (χ2v) is 7.41. The van der Waals surface area contributed by atoms with Crippen LogP contribution >= 0.6 is 0 Å². The predicted octanol–water partition coefficient (Wildman–Crippen LogP) is 1.40. The van der Waals surface area contributed by atoms with Crippen LogP contribution in [-0.2, 0) is 10.2 Å². The summed E-state index contributed by atoms with van der Waals surface area (Å²) in [5, 5.41) is 0. The van der Waals surface area contributed by atoms with E-state index in [9.17, 15) is 8.42 Å². The highest BCUT2D eigenvalue weighted by Crippen LogP contribution is 2.24. The van der Waals surface area contributed by atoms with E-state index < -0.39 is 10.2 Å². The van der Waals surface area contributed by atoms with Crippen molar-refractivity contribution in [2.45, 2.75) is 25.9 Å². The van der Waals surface area contributed by atoms with Gasteiger partial charge in [-0.15, -0.1) is 0 Å². The monoisotopic (exact) mass is 296 g/mol. The summed E-state index contributed by atoms with van der Waals surface area (Å²) in [6.45, 7) is 4.24. The first-order valence-corrected chi connectivity index (χ1v) is 8.44. The second kappa shape index (κ2) is 5.35. The lowest BCUT2D eigenvalue weighted by atomic mass is 10.2. The summed E-state index contributed by atoms with van der Waals surface area (Å²) in [6.07, 6.45) is 1.90. The van der Waals surface area contributed by atoms with Gasteiger partial charge in [0.15, 0.2) is 0 Å². The molecule has 0 unspecified atom stereocenters. The third kappa shape index (κ3) is 2.68. The van der Waals surface area contributed by atoms with Crippen molar-refractivity contribution in [3.8, 4) is 5.75 Å². The van der Waals surface area contributed by atoms with Crippen LogP contribution in [0, 0.1) is 6.92 Å². The van der Waals surface area contributed by atoms with E-state index in [1.807, 2.05) is 31.2 Å². The van der Waals surface area contributed by atoms with Crippen molar-refractivity contribution >= 4 is 10.2 Å². The van der Waals surface area contributed by atoms with Crippen molar-refractivity contribution in [1.82, 2.24) is 8.61 Å². The molecule has 2 fully saturated rings. The summed E-state index contributed by atoms with van der Waals surface area (Å²) < 4.78 is 33.4. The zero-order chi connectivity index (χ0) is 14.2. The first-order valence-electron chi connectivity index (χ1n) is 7.04. The van der Waals surface area contributed by atoms with Gasteiger partial charge in [-0.2, -0.15) is 17.0 Å². The minimum atomic E-state index is -3.25. The Morgan fingerprint density at radius 1 is 1.05 bits per heavy atom. The molecule has 2 aliphatic heterocycles. The van der Waals surface area contributed by atoms with Gasteiger partial charge in [-0.1, -0.05) is 17.7 Å². The molecule has 1 aromatic rings. The van der Waals surface area contributed by atoms with Gasteiger partial charge < -0.3 is 4.74 Å². The predicted molar refractivity (Wildman–Crippen MR) is 76.9 cm³/mol. The van der Waals surface area contributed by atoms with Crippen LogP contribution in [-0.4, -0.2) is 49.3 Å². The number of aryl methyl sites for hydroxylation is 1. The van der Waals surface area contributed by atoms with Crippen molar-refractivity contribution < 1.29 is 13.2 Å². The Hall–Kier alpha value is -1.11. The van der Waals surface area contributed by atoms with Crippen LogP contribution in [0.1, 0.15) is 18.4 Å². The SMILES string of the molecule is Cc1ccc(OC2CN(S(=O)(=O)N3CCCC3)C2)cc1. The summed E-state index contributed by atoms with van der Waals surface area (Å²) in [5.74, 6) is 0.804. The van der Waals surface area contributed by atoms with Crippen molar-refractivity contribution in [2.24, 2.45) is 0 Å². The third-order valence-corrected chi connectivity index (χ3v) is 5.82. The van der Waals surface area contributed by atoms with E-state index in [0.717, 1.165) is 18.6 Å². The lowest BCUT2D eigenvalue weighted by Gasteiger charge is -2.39. The maximum Gasteiger partial charge on any atom is 0.282 e. The van der Waals surface area contributed by atoms with Gasteiger partial charge in [0.1, 0.15) is 11.9 Å². The molecule has 0 amide bonds.